The minimum Gasteiger partial charge on any atom is -0.379 e. The first kappa shape index (κ1) is 24.0. The molecule has 0 aliphatic carbocycles. The van der Waals surface area contributed by atoms with Gasteiger partial charge in [-0.15, -0.1) is 24.0 Å². The first-order chi connectivity index (χ1) is 13.5. The van der Waals surface area contributed by atoms with Crippen LogP contribution in [0.25, 0.3) is 10.9 Å². The Balaban J connectivity index is 0.00000300. The second-order valence-corrected chi connectivity index (χ2v) is 8.10. The van der Waals surface area contributed by atoms with Gasteiger partial charge in [0.25, 0.3) is 0 Å². The molecule has 7 heteroatoms. The quantitative estimate of drug-likeness (QED) is 0.302. The highest BCUT2D eigenvalue weighted by molar-refractivity contribution is 14.0. The van der Waals surface area contributed by atoms with E-state index in [2.05, 4.69) is 72.6 Å². The van der Waals surface area contributed by atoms with Gasteiger partial charge in [-0.1, -0.05) is 18.2 Å². The molecule has 0 spiro atoms. The van der Waals surface area contributed by atoms with Gasteiger partial charge >= 0.3 is 0 Å². The van der Waals surface area contributed by atoms with Gasteiger partial charge in [0, 0.05) is 48.8 Å². The smallest absolute Gasteiger partial charge is 0.191 e. The number of hydrogen-bond donors (Lipinski definition) is 3. The van der Waals surface area contributed by atoms with Crippen molar-refractivity contribution in [1.82, 2.24) is 20.5 Å². The molecule has 0 bridgehead atoms. The molecular weight excluding hydrogens is 477 g/mol. The fourth-order valence-corrected chi connectivity index (χ4v) is 3.77. The summed E-state index contributed by atoms with van der Waals surface area (Å²) < 4.78 is 5.48. The van der Waals surface area contributed by atoms with Gasteiger partial charge in [-0.2, -0.15) is 0 Å². The zero-order chi connectivity index (χ0) is 20.0. The molecule has 3 N–H and O–H groups in total. The average molecular weight is 513 g/mol. The van der Waals surface area contributed by atoms with Crippen molar-refractivity contribution in [2.75, 3.05) is 45.9 Å². The first-order valence-electron chi connectivity index (χ1n) is 10.4. The molecule has 0 unspecified atom stereocenters. The Morgan fingerprint density at radius 2 is 2.00 bits per heavy atom. The van der Waals surface area contributed by atoms with E-state index in [1.54, 1.807) is 0 Å². The van der Waals surface area contributed by atoms with E-state index in [-0.39, 0.29) is 29.5 Å². The molecule has 2 aromatic rings. The second kappa shape index (κ2) is 11.2. The Morgan fingerprint density at radius 1 is 1.24 bits per heavy atom. The molecule has 162 valence electrons. The third kappa shape index (κ3) is 6.33. The molecule has 0 amide bonds. The summed E-state index contributed by atoms with van der Waals surface area (Å²) in [6, 6.07) is 6.47. The van der Waals surface area contributed by atoms with E-state index in [1.807, 2.05) is 0 Å². The number of H-pyrrole nitrogens is 1. The molecule has 1 saturated heterocycles. The van der Waals surface area contributed by atoms with Crippen molar-refractivity contribution >= 4 is 40.8 Å². The van der Waals surface area contributed by atoms with Gasteiger partial charge in [-0.3, -0.25) is 9.89 Å². The summed E-state index contributed by atoms with van der Waals surface area (Å²) in [7, 11) is 0. The van der Waals surface area contributed by atoms with Crippen LogP contribution >= 0.6 is 24.0 Å². The molecular formula is C22H36IN5O. The van der Waals surface area contributed by atoms with E-state index in [1.165, 1.54) is 22.0 Å². The predicted octanol–water partition coefficient (Wildman–Crippen LogP) is 3.30. The molecule has 1 aliphatic heterocycles. The van der Waals surface area contributed by atoms with Gasteiger partial charge in [0.1, 0.15) is 0 Å². The molecule has 0 saturated carbocycles. The Bertz CT molecular complexity index is 796. The molecule has 1 aromatic heterocycles. The average Bonchev–Trinajstić information content (AvgIpc) is 3.11. The van der Waals surface area contributed by atoms with Gasteiger partial charge in [-0.05, 0) is 45.2 Å². The third-order valence-electron chi connectivity index (χ3n) is 5.53. The van der Waals surface area contributed by atoms with Gasteiger partial charge < -0.3 is 20.4 Å². The van der Waals surface area contributed by atoms with Crippen LogP contribution in [-0.2, 0) is 11.2 Å². The number of hydrogen-bond acceptors (Lipinski definition) is 3. The lowest BCUT2D eigenvalue weighted by Gasteiger charge is -2.39. The van der Waals surface area contributed by atoms with Crippen LogP contribution in [-0.4, -0.2) is 67.3 Å². The van der Waals surface area contributed by atoms with Crippen LogP contribution in [0.5, 0.6) is 0 Å². The number of ether oxygens (including phenoxy) is 1. The SMILES string of the molecule is CCNC(=NCC(C)(C)N1CCOCC1)NCCc1c[nH]c2c(C)cccc12.I. The number of nitrogens with zero attached hydrogens (tertiary/aromatic N) is 2. The van der Waals surface area contributed by atoms with Crippen LogP contribution in [0.15, 0.2) is 29.4 Å². The first-order valence-corrected chi connectivity index (χ1v) is 10.4. The number of morpholine rings is 1. The lowest BCUT2D eigenvalue weighted by molar-refractivity contribution is -0.00683. The lowest BCUT2D eigenvalue weighted by Crippen LogP contribution is -2.52. The number of fused-ring (bicyclic) bond motifs is 1. The summed E-state index contributed by atoms with van der Waals surface area (Å²) in [5.41, 5.74) is 3.90. The zero-order valence-corrected chi connectivity index (χ0v) is 20.5. The molecule has 0 atom stereocenters. The maximum absolute atomic E-state index is 5.48. The van der Waals surface area contributed by atoms with Crippen LogP contribution in [0, 0.1) is 6.92 Å². The summed E-state index contributed by atoms with van der Waals surface area (Å²) in [6.45, 7) is 14.8. The highest BCUT2D eigenvalue weighted by Crippen LogP contribution is 2.21. The number of para-hydroxylation sites is 1. The standard InChI is InChI=1S/C22H35N5O.HI/c1-5-23-21(26-16-22(3,4)27-11-13-28-14-12-27)24-10-9-18-15-25-20-17(2)7-6-8-19(18)20;/h6-8,15,25H,5,9-14,16H2,1-4H3,(H2,23,24,26);1H. The van der Waals surface area contributed by atoms with Crippen LogP contribution in [0.4, 0.5) is 0 Å². The van der Waals surface area contributed by atoms with Crippen molar-refractivity contribution in [3.8, 4) is 0 Å². The minimum absolute atomic E-state index is 0. The van der Waals surface area contributed by atoms with Crippen LogP contribution in [0.2, 0.25) is 0 Å². The number of rotatable bonds is 7. The molecule has 1 aliphatic rings. The summed E-state index contributed by atoms with van der Waals surface area (Å²) in [4.78, 5) is 10.7. The summed E-state index contributed by atoms with van der Waals surface area (Å²) in [5, 5.41) is 8.18. The number of benzene rings is 1. The van der Waals surface area contributed by atoms with E-state index in [0.29, 0.717) is 0 Å². The third-order valence-corrected chi connectivity index (χ3v) is 5.53. The van der Waals surface area contributed by atoms with E-state index >= 15 is 0 Å². The highest BCUT2D eigenvalue weighted by Gasteiger charge is 2.28. The molecule has 0 radical (unpaired) electrons. The lowest BCUT2D eigenvalue weighted by atomic mass is 10.0. The number of aromatic nitrogens is 1. The van der Waals surface area contributed by atoms with Gasteiger partial charge in [0.15, 0.2) is 5.96 Å². The Labute approximate surface area is 191 Å². The molecule has 6 nitrogen and oxygen atoms in total. The van der Waals surface area contributed by atoms with Crippen molar-refractivity contribution in [3.63, 3.8) is 0 Å². The van der Waals surface area contributed by atoms with Crippen LogP contribution in [0.1, 0.15) is 31.9 Å². The zero-order valence-electron chi connectivity index (χ0n) is 18.2. The number of guanidine groups is 1. The van der Waals surface area contributed by atoms with E-state index in [9.17, 15) is 0 Å². The van der Waals surface area contributed by atoms with Gasteiger partial charge in [0.2, 0.25) is 0 Å². The normalized spacial score (nSPS) is 15.9. The van der Waals surface area contributed by atoms with Crippen molar-refractivity contribution < 1.29 is 4.74 Å². The largest absolute Gasteiger partial charge is 0.379 e. The van der Waals surface area contributed by atoms with Crippen molar-refractivity contribution in [2.45, 2.75) is 39.7 Å². The van der Waals surface area contributed by atoms with Crippen molar-refractivity contribution in [1.29, 1.82) is 0 Å². The molecule has 1 fully saturated rings. The number of halogens is 1. The van der Waals surface area contributed by atoms with Crippen molar-refractivity contribution in [3.05, 3.63) is 35.5 Å². The second-order valence-electron chi connectivity index (χ2n) is 8.10. The van der Waals surface area contributed by atoms with E-state index in [4.69, 9.17) is 9.73 Å². The molecule has 1 aromatic carbocycles. The molecule has 3 rings (SSSR count). The fraction of sp³-hybridized carbons (Fsp3) is 0.591. The summed E-state index contributed by atoms with van der Waals surface area (Å²) in [5.74, 6) is 0.889. The Morgan fingerprint density at radius 3 is 2.72 bits per heavy atom. The Kier molecular flexibility index (Phi) is 9.23. The van der Waals surface area contributed by atoms with E-state index in [0.717, 1.165) is 58.3 Å². The minimum atomic E-state index is 0. The van der Waals surface area contributed by atoms with Gasteiger partial charge in [0.05, 0.1) is 19.8 Å². The topological polar surface area (TPSA) is 64.7 Å². The van der Waals surface area contributed by atoms with E-state index < -0.39 is 0 Å². The van der Waals surface area contributed by atoms with Crippen LogP contribution in [0.3, 0.4) is 0 Å². The number of aromatic amines is 1. The summed E-state index contributed by atoms with van der Waals surface area (Å²) >= 11 is 0. The Hall–Kier alpha value is -1.32. The predicted molar refractivity (Wildman–Crippen MR) is 133 cm³/mol. The maximum atomic E-state index is 5.48. The van der Waals surface area contributed by atoms with Crippen LogP contribution < -0.4 is 10.6 Å². The molecule has 29 heavy (non-hydrogen) atoms. The highest BCUT2D eigenvalue weighted by atomic mass is 127. The monoisotopic (exact) mass is 513 g/mol. The van der Waals surface area contributed by atoms with Crippen molar-refractivity contribution in [2.24, 2.45) is 4.99 Å². The molecule has 2 heterocycles. The van der Waals surface area contributed by atoms with Gasteiger partial charge in [-0.25, -0.2) is 0 Å². The fourth-order valence-electron chi connectivity index (χ4n) is 3.77. The maximum Gasteiger partial charge on any atom is 0.191 e. The summed E-state index contributed by atoms with van der Waals surface area (Å²) in [6.07, 6.45) is 3.09. The number of nitrogens with one attached hydrogen (secondary N) is 3. The number of aryl methyl sites for hydroxylation is 1. The number of aliphatic imine (C=N–C) groups is 1.